The van der Waals surface area contributed by atoms with Crippen LogP contribution in [-0.4, -0.2) is 10.9 Å². The summed E-state index contributed by atoms with van der Waals surface area (Å²) in [6, 6.07) is 11.5. The molecule has 120 valence electrons. The second-order valence-corrected chi connectivity index (χ2v) is 5.86. The number of carbonyl (C=O) groups excluding carboxylic acids is 1. The predicted octanol–water partition coefficient (Wildman–Crippen LogP) is 4.27. The summed E-state index contributed by atoms with van der Waals surface area (Å²) in [7, 11) is 0. The van der Waals surface area contributed by atoms with Gasteiger partial charge in [0.2, 0.25) is 11.8 Å². The Kier molecular flexibility index (Phi) is 4.05. The number of carbonyl (C=O) groups is 1. The van der Waals surface area contributed by atoms with Gasteiger partial charge in [-0.3, -0.25) is 4.79 Å². The monoisotopic (exact) mass is 319 g/mol. The van der Waals surface area contributed by atoms with Crippen LogP contribution in [-0.2, 0) is 4.79 Å². The van der Waals surface area contributed by atoms with Crippen LogP contribution in [0.15, 0.2) is 34.7 Å². The van der Waals surface area contributed by atoms with E-state index in [4.69, 9.17) is 9.68 Å². The van der Waals surface area contributed by atoms with Gasteiger partial charge in [0.15, 0.2) is 5.58 Å². The van der Waals surface area contributed by atoms with Crippen molar-refractivity contribution < 1.29 is 9.21 Å². The van der Waals surface area contributed by atoms with Gasteiger partial charge in [-0.25, -0.2) is 4.98 Å². The minimum atomic E-state index is -0.332. The van der Waals surface area contributed by atoms with Crippen LogP contribution in [0.5, 0.6) is 0 Å². The number of nitrogens with zero attached hydrogens (tertiary/aromatic N) is 2. The second-order valence-electron chi connectivity index (χ2n) is 5.86. The minimum absolute atomic E-state index is 0.176. The Morgan fingerprint density at radius 2 is 2.00 bits per heavy atom. The molecular formula is C19H17N3O2. The molecule has 0 aliphatic carbocycles. The molecule has 5 nitrogen and oxygen atoms in total. The quantitative estimate of drug-likeness (QED) is 0.781. The van der Waals surface area contributed by atoms with Crippen LogP contribution in [0.3, 0.4) is 0 Å². The normalized spacial score (nSPS) is 10.6. The average molecular weight is 319 g/mol. The molecule has 2 aromatic carbocycles. The lowest BCUT2D eigenvalue weighted by atomic mass is 10.1. The van der Waals surface area contributed by atoms with E-state index in [9.17, 15) is 4.79 Å². The molecule has 1 N–H and O–H groups in total. The van der Waals surface area contributed by atoms with Crippen LogP contribution in [0.4, 0.5) is 5.69 Å². The molecule has 5 heteroatoms. The van der Waals surface area contributed by atoms with Gasteiger partial charge < -0.3 is 9.73 Å². The first-order valence-electron chi connectivity index (χ1n) is 7.63. The highest BCUT2D eigenvalue weighted by molar-refractivity contribution is 5.93. The Labute approximate surface area is 139 Å². The Morgan fingerprint density at radius 1 is 1.21 bits per heavy atom. The highest BCUT2D eigenvalue weighted by Crippen LogP contribution is 2.30. The van der Waals surface area contributed by atoms with Gasteiger partial charge in [-0.15, -0.1) is 0 Å². The van der Waals surface area contributed by atoms with Gasteiger partial charge in [0.25, 0.3) is 0 Å². The van der Waals surface area contributed by atoms with E-state index in [1.807, 2.05) is 51.1 Å². The van der Waals surface area contributed by atoms with Crippen molar-refractivity contribution in [1.29, 1.82) is 5.26 Å². The summed E-state index contributed by atoms with van der Waals surface area (Å²) < 4.78 is 5.91. The molecule has 0 atom stereocenters. The van der Waals surface area contributed by atoms with Crippen LogP contribution < -0.4 is 5.32 Å². The Bertz CT molecular complexity index is 980. The van der Waals surface area contributed by atoms with Crippen molar-refractivity contribution in [2.24, 2.45) is 0 Å². The number of aryl methyl sites for hydroxylation is 3. The number of rotatable bonds is 3. The van der Waals surface area contributed by atoms with Gasteiger partial charge >= 0.3 is 0 Å². The van der Waals surface area contributed by atoms with Crippen LogP contribution in [0.2, 0.25) is 0 Å². The number of anilines is 1. The molecule has 0 saturated carbocycles. The zero-order valence-electron chi connectivity index (χ0n) is 13.8. The first-order valence-corrected chi connectivity index (χ1v) is 7.63. The number of benzene rings is 2. The highest BCUT2D eigenvalue weighted by atomic mass is 16.3. The molecule has 0 saturated heterocycles. The Balaban J connectivity index is 2.02. The predicted molar refractivity (Wildman–Crippen MR) is 92.5 cm³/mol. The number of nitrogens with one attached hydrogen (secondary N) is 1. The van der Waals surface area contributed by atoms with Crippen LogP contribution in [0, 0.1) is 32.1 Å². The summed E-state index contributed by atoms with van der Waals surface area (Å²) in [4.78, 5) is 16.2. The molecule has 0 aliphatic rings. The average Bonchev–Trinajstić information content (AvgIpc) is 2.94. The second kappa shape index (κ2) is 6.17. The number of hydrogen-bond acceptors (Lipinski definition) is 4. The molecule has 24 heavy (non-hydrogen) atoms. The SMILES string of the molecule is Cc1cc(C)c2oc(-c3ccc(C)c(NC(=O)CC#N)c3)nc2c1. The lowest BCUT2D eigenvalue weighted by Crippen LogP contribution is -2.11. The molecule has 0 bridgehead atoms. The molecule has 0 aliphatic heterocycles. The molecule has 3 aromatic rings. The number of fused-ring (bicyclic) bond motifs is 1. The molecule has 1 amide bonds. The van der Waals surface area contributed by atoms with E-state index < -0.39 is 0 Å². The van der Waals surface area contributed by atoms with Crippen molar-refractivity contribution in [3.8, 4) is 17.5 Å². The summed E-state index contributed by atoms with van der Waals surface area (Å²) in [6.45, 7) is 5.91. The third kappa shape index (κ3) is 2.99. The third-order valence-electron chi connectivity index (χ3n) is 3.82. The Morgan fingerprint density at radius 3 is 2.75 bits per heavy atom. The summed E-state index contributed by atoms with van der Waals surface area (Å²) in [6.07, 6.45) is -0.176. The standard InChI is InChI=1S/C19H17N3O2/c1-11-8-13(3)18-16(9-11)22-19(24-18)14-5-4-12(2)15(10-14)21-17(23)6-7-20/h4-5,8-10H,6H2,1-3H3,(H,21,23). The van der Waals surface area contributed by atoms with E-state index >= 15 is 0 Å². The lowest BCUT2D eigenvalue weighted by Gasteiger charge is -2.08. The highest BCUT2D eigenvalue weighted by Gasteiger charge is 2.13. The van der Waals surface area contributed by atoms with E-state index in [2.05, 4.69) is 16.4 Å². The van der Waals surface area contributed by atoms with Crippen LogP contribution in [0.1, 0.15) is 23.1 Å². The maximum atomic E-state index is 11.7. The molecule has 1 heterocycles. The summed E-state index contributed by atoms with van der Waals surface area (Å²) >= 11 is 0. The van der Waals surface area contributed by atoms with Gasteiger partial charge in [0, 0.05) is 11.3 Å². The third-order valence-corrected chi connectivity index (χ3v) is 3.82. The van der Waals surface area contributed by atoms with Crippen molar-refractivity contribution in [3.05, 3.63) is 47.0 Å². The molecular weight excluding hydrogens is 302 g/mol. The van der Waals surface area contributed by atoms with Crippen molar-refractivity contribution in [3.63, 3.8) is 0 Å². The van der Waals surface area contributed by atoms with E-state index in [0.717, 1.165) is 33.4 Å². The number of oxazole rings is 1. The van der Waals surface area contributed by atoms with E-state index in [1.54, 1.807) is 0 Å². The number of aromatic nitrogens is 1. The topological polar surface area (TPSA) is 78.9 Å². The maximum Gasteiger partial charge on any atom is 0.238 e. The van der Waals surface area contributed by atoms with Gasteiger partial charge in [0.05, 0.1) is 6.07 Å². The fourth-order valence-corrected chi connectivity index (χ4v) is 2.66. The van der Waals surface area contributed by atoms with Crippen LogP contribution in [0.25, 0.3) is 22.6 Å². The van der Waals surface area contributed by atoms with E-state index in [0.29, 0.717) is 11.6 Å². The molecule has 1 aromatic heterocycles. The molecule has 0 spiro atoms. The Hall–Kier alpha value is -3.13. The van der Waals surface area contributed by atoms with Crippen LogP contribution >= 0.6 is 0 Å². The first-order chi connectivity index (χ1) is 11.5. The number of nitriles is 1. The zero-order chi connectivity index (χ0) is 17.3. The fraction of sp³-hybridized carbons (Fsp3) is 0.211. The van der Waals surface area contributed by atoms with Crippen molar-refractivity contribution in [2.75, 3.05) is 5.32 Å². The first kappa shape index (κ1) is 15.8. The van der Waals surface area contributed by atoms with Crippen molar-refractivity contribution in [1.82, 2.24) is 4.98 Å². The molecule has 0 unspecified atom stereocenters. The van der Waals surface area contributed by atoms with Gasteiger partial charge in [-0.05, 0) is 55.7 Å². The van der Waals surface area contributed by atoms with Crippen molar-refractivity contribution >= 4 is 22.7 Å². The minimum Gasteiger partial charge on any atom is -0.436 e. The maximum absolute atomic E-state index is 11.7. The zero-order valence-corrected chi connectivity index (χ0v) is 13.8. The van der Waals surface area contributed by atoms with Gasteiger partial charge in [0.1, 0.15) is 11.9 Å². The van der Waals surface area contributed by atoms with Crippen molar-refractivity contribution in [2.45, 2.75) is 27.2 Å². The summed E-state index contributed by atoms with van der Waals surface area (Å²) in [5.74, 6) is 0.177. The number of hydrogen-bond donors (Lipinski definition) is 1. The summed E-state index contributed by atoms with van der Waals surface area (Å²) in [5, 5.41) is 11.4. The largest absolute Gasteiger partial charge is 0.436 e. The fourth-order valence-electron chi connectivity index (χ4n) is 2.66. The smallest absolute Gasteiger partial charge is 0.238 e. The van der Waals surface area contributed by atoms with E-state index in [-0.39, 0.29) is 12.3 Å². The molecule has 0 fully saturated rings. The molecule has 0 radical (unpaired) electrons. The summed E-state index contributed by atoms with van der Waals surface area (Å²) in [5.41, 5.74) is 6.10. The lowest BCUT2D eigenvalue weighted by molar-refractivity contribution is -0.115. The van der Waals surface area contributed by atoms with E-state index in [1.165, 1.54) is 0 Å². The van der Waals surface area contributed by atoms with Gasteiger partial charge in [-0.1, -0.05) is 12.1 Å². The van der Waals surface area contributed by atoms with Gasteiger partial charge in [-0.2, -0.15) is 5.26 Å². The molecule has 3 rings (SSSR count). The number of amides is 1.